The van der Waals surface area contributed by atoms with E-state index in [1.165, 1.54) is 0 Å². The van der Waals surface area contributed by atoms with Crippen LogP contribution < -0.4 is 16.0 Å². The number of amides is 1. The predicted molar refractivity (Wildman–Crippen MR) is 91.3 cm³/mol. The Kier molecular flexibility index (Phi) is 6.97. The molecule has 2 rings (SSSR count). The minimum atomic E-state index is 0.179. The number of carbonyl (C=O) groups excluding carboxylic acids is 1. The van der Waals surface area contributed by atoms with E-state index in [0.717, 1.165) is 44.1 Å². The summed E-state index contributed by atoms with van der Waals surface area (Å²) in [6.07, 6.45) is 4.57. The third kappa shape index (κ3) is 7.21. The van der Waals surface area contributed by atoms with Gasteiger partial charge in [0.15, 0.2) is 5.96 Å². The molecule has 1 aliphatic carbocycles. The van der Waals surface area contributed by atoms with E-state index in [1.54, 1.807) is 6.26 Å². The van der Waals surface area contributed by atoms with Crippen molar-refractivity contribution in [3.8, 4) is 0 Å². The van der Waals surface area contributed by atoms with Gasteiger partial charge in [-0.05, 0) is 30.9 Å². The highest BCUT2D eigenvalue weighted by Crippen LogP contribution is 2.28. The second-order valence-corrected chi connectivity index (χ2v) is 6.33. The summed E-state index contributed by atoms with van der Waals surface area (Å²) in [6.45, 7) is 7.09. The van der Waals surface area contributed by atoms with Crippen molar-refractivity contribution < 1.29 is 9.21 Å². The van der Waals surface area contributed by atoms with Crippen LogP contribution in [-0.4, -0.2) is 38.0 Å². The fraction of sp³-hybridized carbons (Fsp3) is 0.647. The topological polar surface area (TPSA) is 78.7 Å². The first-order chi connectivity index (χ1) is 11.1. The van der Waals surface area contributed by atoms with Gasteiger partial charge in [0.2, 0.25) is 5.91 Å². The Morgan fingerprint density at radius 1 is 1.26 bits per heavy atom. The Labute approximate surface area is 138 Å². The summed E-state index contributed by atoms with van der Waals surface area (Å²) in [5, 5.41) is 9.51. The molecule has 1 amide bonds. The SMILES string of the molecule is CC(C)CN=C(NCCNC(=O)C1CC1)NCCc1ccco1. The van der Waals surface area contributed by atoms with Crippen LogP contribution in [0.3, 0.4) is 0 Å². The van der Waals surface area contributed by atoms with Gasteiger partial charge in [-0.1, -0.05) is 13.8 Å². The highest BCUT2D eigenvalue weighted by Gasteiger charge is 2.28. The summed E-state index contributed by atoms with van der Waals surface area (Å²) in [6, 6.07) is 3.86. The maximum Gasteiger partial charge on any atom is 0.223 e. The van der Waals surface area contributed by atoms with E-state index in [-0.39, 0.29) is 11.8 Å². The van der Waals surface area contributed by atoms with Gasteiger partial charge in [0.05, 0.1) is 6.26 Å². The first-order valence-corrected chi connectivity index (χ1v) is 8.47. The molecule has 0 atom stereocenters. The standard InChI is InChI=1S/C17H28N4O2/c1-13(2)12-21-17(19-8-7-15-4-3-11-23-15)20-10-9-18-16(22)14-5-6-14/h3-4,11,13-14H,5-10,12H2,1-2H3,(H,18,22)(H2,19,20,21). The van der Waals surface area contributed by atoms with E-state index >= 15 is 0 Å². The van der Waals surface area contributed by atoms with Crippen LogP contribution in [0.4, 0.5) is 0 Å². The molecule has 0 spiro atoms. The lowest BCUT2D eigenvalue weighted by Crippen LogP contribution is -2.42. The van der Waals surface area contributed by atoms with Gasteiger partial charge in [-0.2, -0.15) is 0 Å². The summed E-state index contributed by atoms with van der Waals surface area (Å²) in [5.74, 6) is 2.69. The summed E-state index contributed by atoms with van der Waals surface area (Å²) in [4.78, 5) is 16.1. The molecule has 3 N–H and O–H groups in total. The molecular weight excluding hydrogens is 292 g/mol. The highest BCUT2D eigenvalue weighted by molar-refractivity contribution is 5.81. The minimum absolute atomic E-state index is 0.179. The van der Waals surface area contributed by atoms with Crippen LogP contribution in [0.5, 0.6) is 0 Å². The average molecular weight is 320 g/mol. The normalized spacial score (nSPS) is 14.8. The predicted octanol–water partition coefficient (Wildman–Crippen LogP) is 1.54. The second kappa shape index (κ2) is 9.22. The van der Waals surface area contributed by atoms with E-state index in [9.17, 15) is 4.79 Å². The molecule has 23 heavy (non-hydrogen) atoms. The van der Waals surface area contributed by atoms with Crippen LogP contribution in [0.2, 0.25) is 0 Å². The van der Waals surface area contributed by atoms with Crippen LogP contribution in [0.15, 0.2) is 27.8 Å². The lowest BCUT2D eigenvalue weighted by molar-refractivity contribution is -0.122. The number of nitrogens with zero attached hydrogens (tertiary/aromatic N) is 1. The van der Waals surface area contributed by atoms with Crippen molar-refractivity contribution in [2.75, 3.05) is 26.2 Å². The molecule has 0 saturated heterocycles. The Hall–Kier alpha value is -1.98. The smallest absolute Gasteiger partial charge is 0.223 e. The van der Waals surface area contributed by atoms with Gasteiger partial charge in [-0.15, -0.1) is 0 Å². The van der Waals surface area contributed by atoms with E-state index in [4.69, 9.17) is 4.42 Å². The number of nitrogens with one attached hydrogen (secondary N) is 3. The number of hydrogen-bond donors (Lipinski definition) is 3. The zero-order valence-electron chi connectivity index (χ0n) is 14.1. The molecule has 0 unspecified atom stereocenters. The maximum absolute atomic E-state index is 11.6. The van der Waals surface area contributed by atoms with Crippen molar-refractivity contribution in [2.45, 2.75) is 33.1 Å². The number of rotatable bonds is 9. The molecule has 0 bridgehead atoms. The van der Waals surface area contributed by atoms with Crippen LogP contribution in [0.1, 0.15) is 32.4 Å². The molecule has 0 aromatic carbocycles. The van der Waals surface area contributed by atoms with Gasteiger partial charge in [0.25, 0.3) is 0 Å². The maximum atomic E-state index is 11.6. The molecule has 1 heterocycles. The Morgan fingerprint density at radius 2 is 2.00 bits per heavy atom. The first-order valence-electron chi connectivity index (χ1n) is 8.47. The molecule has 1 aromatic rings. The Morgan fingerprint density at radius 3 is 2.65 bits per heavy atom. The van der Waals surface area contributed by atoms with Crippen molar-refractivity contribution in [3.63, 3.8) is 0 Å². The van der Waals surface area contributed by atoms with Crippen molar-refractivity contribution in [1.82, 2.24) is 16.0 Å². The van der Waals surface area contributed by atoms with Gasteiger partial charge in [0, 0.05) is 38.5 Å². The molecule has 6 heteroatoms. The molecule has 0 radical (unpaired) electrons. The zero-order chi connectivity index (χ0) is 16.5. The fourth-order valence-electron chi connectivity index (χ4n) is 2.06. The van der Waals surface area contributed by atoms with Crippen LogP contribution in [0, 0.1) is 11.8 Å². The quantitative estimate of drug-likeness (QED) is 0.366. The fourth-order valence-corrected chi connectivity index (χ4v) is 2.06. The number of aliphatic imine (C=N–C) groups is 1. The van der Waals surface area contributed by atoms with Gasteiger partial charge in [0.1, 0.15) is 5.76 Å². The van der Waals surface area contributed by atoms with Gasteiger partial charge >= 0.3 is 0 Å². The van der Waals surface area contributed by atoms with Gasteiger partial charge < -0.3 is 20.4 Å². The summed E-state index contributed by atoms with van der Waals surface area (Å²) < 4.78 is 5.32. The number of hydrogen-bond acceptors (Lipinski definition) is 3. The lowest BCUT2D eigenvalue weighted by atomic mass is 10.2. The summed E-state index contributed by atoms with van der Waals surface area (Å²) in [5.41, 5.74) is 0. The summed E-state index contributed by atoms with van der Waals surface area (Å²) >= 11 is 0. The molecule has 128 valence electrons. The van der Waals surface area contributed by atoms with E-state index in [0.29, 0.717) is 19.0 Å². The first kappa shape index (κ1) is 17.4. The van der Waals surface area contributed by atoms with Crippen molar-refractivity contribution in [2.24, 2.45) is 16.8 Å². The van der Waals surface area contributed by atoms with Crippen LogP contribution in [0.25, 0.3) is 0 Å². The summed E-state index contributed by atoms with van der Waals surface area (Å²) in [7, 11) is 0. The Bertz CT molecular complexity index is 493. The molecule has 1 aromatic heterocycles. The zero-order valence-corrected chi connectivity index (χ0v) is 14.1. The Balaban J connectivity index is 1.67. The van der Waals surface area contributed by atoms with E-state index in [2.05, 4.69) is 34.8 Å². The van der Waals surface area contributed by atoms with Crippen LogP contribution >= 0.6 is 0 Å². The second-order valence-electron chi connectivity index (χ2n) is 6.33. The molecule has 0 aliphatic heterocycles. The largest absolute Gasteiger partial charge is 0.469 e. The van der Waals surface area contributed by atoms with Crippen molar-refractivity contribution >= 4 is 11.9 Å². The minimum Gasteiger partial charge on any atom is -0.469 e. The molecule has 6 nitrogen and oxygen atoms in total. The number of guanidine groups is 1. The van der Waals surface area contributed by atoms with Crippen LogP contribution in [-0.2, 0) is 11.2 Å². The van der Waals surface area contributed by atoms with E-state index < -0.39 is 0 Å². The van der Waals surface area contributed by atoms with Gasteiger partial charge in [-0.3, -0.25) is 9.79 Å². The lowest BCUT2D eigenvalue weighted by Gasteiger charge is -2.13. The molecule has 1 fully saturated rings. The van der Waals surface area contributed by atoms with E-state index in [1.807, 2.05) is 12.1 Å². The number of furan rings is 1. The highest BCUT2D eigenvalue weighted by atomic mass is 16.3. The van der Waals surface area contributed by atoms with Gasteiger partial charge in [-0.25, -0.2) is 0 Å². The molecule has 1 aliphatic rings. The average Bonchev–Trinajstić information content (AvgIpc) is 3.25. The van der Waals surface area contributed by atoms with Crippen molar-refractivity contribution in [1.29, 1.82) is 0 Å². The number of carbonyl (C=O) groups is 1. The molecule has 1 saturated carbocycles. The third-order valence-corrected chi connectivity index (χ3v) is 3.52. The molecular formula is C17H28N4O2. The van der Waals surface area contributed by atoms with Crippen molar-refractivity contribution in [3.05, 3.63) is 24.2 Å². The monoisotopic (exact) mass is 320 g/mol. The third-order valence-electron chi connectivity index (χ3n) is 3.52.